The van der Waals surface area contributed by atoms with Gasteiger partial charge in [-0.05, 0) is 50.8 Å². The number of nitrogen functional groups attached to an aromatic ring is 1. The Kier molecular flexibility index (Phi) is 5.34. The lowest BCUT2D eigenvalue weighted by Crippen LogP contribution is -2.44. The van der Waals surface area contributed by atoms with Gasteiger partial charge in [0.2, 0.25) is 11.9 Å². The molecule has 0 bridgehead atoms. The Bertz CT molecular complexity index is 788. The molecule has 2 fully saturated rings. The number of hydrogen-bond donors (Lipinski definition) is 1. The van der Waals surface area contributed by atoms with E-state index in [1.807, 2.05) is 23.1 Å². The van der Waals surface area contributed by atoms with Crippen LogP contribution in [0.15, 0.2) is 36.5 Å². The average Bonchev–Trinajstić information content (AvgIpc) is 3.21. The van der Waals surface area contributed by atoms with E-state index in [1.165, 1.54) is 12.8 Å². The summed E-state index contributed by atoms with van der Waals surface area (Å²) in [6, 6.07) is 10.1. The van der Waals surface area contributed by atoms with Crippen molar-refractivity contribution in [2.24, 2.45) is 0 Å². The van der Waals surface area contributed by atoms with Crippen LogP contribution in [0.25, 0.3) is 11.1 Å². The minimum atomic E-state index is -0.0330. The highest BCUT2D eigenvalue weighted by Gasteiger charge is 2.32. The highest BCUT2D eigenvalue weighted by molar-refractivity contribution is 5.79. The lowest BCUT2D eigenvalue weighted by molar-refractivity contribution is -0.136. The first-order chi connectivity index (χ1) is 13.2. The second-order valence-electron chi connectivity index (χ2n) is 7.48. The quantitative estimate of drug-likeness (QED) is 0.902. The molecule has 142 valence electrons. The zero-order chi connectivity index (χ0) is 18.6. The molecular formula is C21H27N5O. The van der Waals surface area contributed by atoms with Crippen LogP contribution < -0.4 is 5.73 Å². The molecule has 27 heavy (non-hydrogen) atoms. The lowest BCUT2D eigenvalue weighted by Gasteiger charge is -2.37. The molecule has 0 aliphatic carbocycles. The van der Waals surface area contributed by atoms with Crippen LogP contribution in [0.3, 0.4) is 0 Å². The molecule has 1 atom stereocenters. The van der Waals surface area contributed by atoms with Crippen molar-refractivity contribution in [1.82, 2.24) is 19.8 Å². The summed E-state index contributed by atoms with van der Waals surface area (Å²) < 4.78 is 0. The van der Waals surface area contributed by atoms with E-state index in [0.29, 0.717) is 6.54 Å². The summed E-state index contributed by atoms with van der Waals surface area (Å²) in [5.41, 5.74) is 8.84. The second-order valence-corrected chi connectivity index (χ2v) is 7.48. The van der Waals surface area contributed by atoms with Gasteiger partial charge in [-0.1, -0.05) is 30.3 Å². The van der Waals surface area contributed by atoms with E-state index in [4.69, 9.17) is 5.73 Å². The van der Waals surface area contributed by atoms with Gasteiger partial charge in [0.25, 0.3) is 0 Å². The van der Waals surface area contributed by atoms with Gasteiger partial charge in [0.1, 0.15) is 0 Å². The normalized spacial score (nSPS) is 20.7. The molecule has 0 saturated carbocycles. The van der Waals surface area contributed by atoms with E-state index in [9.17, 15) is 4.79 Å². The van der Waals surface area contributed by atoms with Gasteiger partial charge in [-0.3, -0.25) is 9.69 Å². The fraction of sp³-hybridized carbons (Fsp3) is 0.476. The van der Waals surface area contributed by atoms with Crippen LogP contribution >= 0.6 is 0 Å². The van der Waals surface area contributed by atoms with Crippen molar-refractivity contribution in [1.29, 1.82) is 0 Å². The third kappa shape index (κ3) is 3.95. The number of rotatable bonds is 4. The monoisotopic (exact) mass is 365 g/mol. The molecule has 2 N–H and O–H groups in total. The van der Waals surface area contributed by atoms with Crippen LogP contribution in [0.4, 0.5) is 5.95 Å². The molecule has 1 aromatic heterocycles. The van der Waals surface area contributed by atoms with E-state index in [1.54, 1.807) is 6.20 Å². The summed E-state index contributed by atoms with van der Waals surface area (Å²) >= 11 is 0. The van der Waals surface area contributed by atoms with Crippen LogP contribution in [-0.4, -0.2) is 51.9 Å². The maximum atomic E-state index is 13.1. The fourth-order valence-corrected chi connectivity index (χ4v) is 4.24. The first-order valence-corrected chi connectivity index (χ1v) is 9.92. The summed E-state index contributed by atoms with van der Waals surface area (Å²) in [7, 11) is 0. The minimum Gasteiger partial charge on any atom is -0.368 e. The van der Waals surface area contributed by atoms with Gasteiger partial charge < -0.3 is 10.6 Å². The molecule has 1 aromatic carbocycles. The Morgan fingerprint density at radius 1 is 1.07 bits per heavy atom. The summed E-state index contributed by atoms with van der Waals surface area (Å²) in [6.07, 6.45) is 7.24. The molecule has 0 unspecified atom stereocenters. The molecule has 2 aliphatic heterocycles. The number of aromatic nitrogens is 2. The minimum absolute atomic E-state index is 0.0330. The zero-order valence-corrected chi connectivity index (χ0v) is 15.7. The topological polar surface area (TPSA) is 75.3 Å². The number of anilines is 1. The van der Waals surface area contributed by atoms with E-state index < -0.39 is 0 Å². The highest BCUT2D eigenvalue weighted by atomic mass is 16.2. The maximum absolute atomic E-state index is 13.1. The average molecular weight is 365 g/mol. The molecule has 6 heteroatoms. The molecule has 6 nitrogen and oxygen atoms in total. The molecule has 2 aliphatic rings. The molecule has 4 rings (SSSR count). The summed E-state index contributed by atoms with van der Waals surface area (Å²) in [6.45, 7) is 3.35. The standard InChI is InChI=1S/C21H27N5O/c22-21-23-14-17(16-8-2-1-3-9-16)20(24-21)18-10-4-5-13-26(18)19(27)15-25-11-6-7-12-25/h1-3,8-9,14,18H,4-7,10-13,15H2,(H2,22,23,24)/t18-/m1/s1. The first-order valence-electron chi connectivity index (χ1n) is 9.92. The molecule has 0 radical (unpaired) electrons. The Labute approximate surface area is 160 Å². The van der Waals surface area contributed by atoms with Crippen LogP contribution in [-0.2, 0) is 4.79 Å². The van der Waals surface area contributed by atoms with E-state index >= 15 is 0 Å². The highest BCUT2D eigenvalue weighted by Crippen LogP contribution is 2.36. The molecule has 3 heterocycles. The fourth-order valence-electron chi connectivity index (χ4n) is 4.24. The number of nitrogens with two attached hydrogens (primary N) is 1. The molecule has 0 spiro atoms. The van der Waals surface area contributed by atoms with Crippen molar-refractivity contribution in [3.05, 3.63) is 42.2 Å². The van der Waals surface area contributed by atoms with Crippen molar-refractivity contribution in [2.45, 2.75) is 38.1 Å². The Morgan fingerprint density at radius 3 is 2.59 bits per heavy atom. The third-order valence-electron chi connectivity index (χ3n) is 5.62. The molecule has 2 aromatic rings. The Hall–Kier alpha value is -2.47. The van der Waals surface area contributed by atoms with E-state index in [2.05, 4.69) is 27.0 Å². The summed E-state index contributed by atoms with van der Waals surface area (Å²) in [5.74, 6) is 0.472. The van der Waals surface area contributed by atoms with Gasteiger partial charge in [0.15, 0.2) is 0 Å². The van der Waals surface area contributed by atoms with E-state index in [-0.39, 0.29) is 17.9 Å². The number of carbonyl (C=O) groups excluding carboxylic acids is 1. The summed E-state index contributed by atoms with van der Waals surface area (Å²) in [5, 5.41) is 0. The van der Waals surface area contributed by atoms with Crippen molar-refractivity contribution in [3.8, 4) is 11.1 Å². The number of amides is 1. The van der Waals surface area contributed by atoms with Crippen LogP contribution in [0.1, 0.15) is 43.8 Å². The van der Waals surface area contributed by atoms with Gasteiger partial charge in [-0.2, -0.15) is 0 Å². The second kappa shape index (κ2) is 8.05. The van der Waals surface area contributed by atoms with Crippen LogP contribution in [0.2, 0.25) is 0 Å². The summed E-state index contributed by atoms with van der Waals surface area (Å²) in [4.78, 5) is 26.2. The molecular weight excluding hydrogens is 338 g/mol. The van der Waals surface area contributed by atoms with Gasteiger partial charge in [-0.25, -0.2) is 9.97 Å². The molecule has 2 saturated heterocycles. The van der Waals surface area contributed by atoms with Crippen molar-refractivity contribution in [3.63, 3.8) is 0 Å². The Morgan fingerprint density at radius 2 is 1.81 bits per heavy atom. The van der Waals surface area contributed by atoms with Crippen LogP contribution in [0, 0.1) is 0 Å². The largest absolute Gasteiger partial charge is 0.368 e. The van der Waals surface area contributed by atoms with Crippen LogP contribution in [0.5, 0.6) is 0 Å². The number of carbonyl (C=O) groups is 1. The van der Waals surface area contributed by atoms with Crippen molar-refractivity contribution in [2.75, 3.05) is 31.9 Å². The smallest absolute Gasteiger partial charge is 0.237 e. The number of benzene rings is 1. The van der Waals surface area contributed by atoms with E-state index in [0.717, 1.165) is 55.7 Å². The Balaban J connectivity index is 1.65. The predicted octanol–water partition coefficient (Wildman–Crippen LogP) is 2.88. The zero-order valence-electron chi connectivity index (χ0n) is 15.7. The van der Waals surface area contributed by atoms with Gasteiger partial charge in [0, 0.05) is 18.3 Å². The van der Waals surface area contributed by atoms with Gasteiger partial charge >= 0.3 is 0 Å². The predicted molar refractivity (Wildman–Crippen MR) is 106 cm³/mol. The van der Waals surface area contributed by atoms with Gasteiger partial charge in [-0.15, -0.1) is 0 Å². The van der Waals surface area contributed by atoms with Crippen molar-refractivity contribution < 1.29 is 4.79 Å². The third-order valence-corrected chi connectivity index (χ3v) is 5.62. The number of hydrogen-bond acceptors (Lipinski definition) is 5. The molecule has 1 amide bonds. The van der Waals surface area contributed by atoms with Gasteiger partial charge in [0.05, 0.1) is 18.3 Å². The lowest BCUT2D eigenvalue weighted by atomic mass is 9.93. The SMILES string of the molecule is Nc1ncc(-c2ccccc2)c([C@H]2CCCCN2C(=O)CN2CCCC2)n1. The van der Waals surface area contributed by atoms with Crippen molar-refractivity contribution >= 4 is 11.9 Å². The first kappa shape index (κ1) is 17.9. The number of piperidine rings is 1. The number of likely N-dealkylation sites (tertiary alicyclic amines) is 2. The maximum Gasteiger partial charge on any atom is 0.237 e. The number of nitrogens with zero attached hydrogens (tertiary/aromatic N) is 4.